The number of aryl methyl sites for hydroxylation is 1. The number of nitrogens with one attached hydrogen (secondary N) is 2. The van der Waals surface area contributed by atoms with Gasteiger partial charge in [0, 0.05) is 19.5 Å². The molecular weight excluding hydrogens is 416 g/mol. The fourth-order valence-corrected chi connectivity index (χ4v) is 2.70. The van der Waals surface area contributed by atoms with Crippen LogP contribution >= 0.6 is 15.9 Å². The highest BCUT2D eigenvalue weighted by atomic mass is 79.9. The first-order chi connectivity index (χ1) is 13.0. The molecule has 2 rings (SSSR count). The summed E-state index contributed by atoms with van der Waals surface area (Å²) in [6, 6.07) is 8.86. The summed E-state index contributed by atoms with van der Waals surface area (Å²) < 4.78 is 16.4. The lowest BCUT2D eigenvalue weighted by molar-refractivity contribution is -0.121. The molecule has 0 bridgehead atoms. The minimum absolute atomic E-state index is 0.0853. The van der Waals surface area contributed by atoms with Crippen LogP contribution < -0.4 is 20.1 Å². The van der Waals surface area contributed by atoms with Crippen LogP contribution in [-0.4, -0.2) is 38.6 Å². The summed E-state index contributed by atoms with van der Waals surface area (Å²) in [7, 11) is 1.59. The summed E-state index contributed by atoms with van der Waals surface area (Å²) in [4.78, 5) is 23.7. The zero-order chi connectivity index (χ0) is 19.6. The van der Waals surface area contributed by atoms with Crippen LogP contribution in [0.4, 0.5) is 0 Å². The van der Waals surface area contributed by atoms with E-state index in [2.05, 4.69) is 26.6 Å². The number of hydrogen-bond acceptors (Lipinski definition) is 5. The van der Waals surface area contributed by atoms with Crippen LogP contribution in [0, 0.1) is 0 Å². The summed E-state index contributed by atoms with van der Waals surface area (Å²) in [5, 5.41) is 5.45. The summed E-state index contributed by atoms with van der Waals surface area (Å²) in [6.45, 7) is 3.14. The number of amides is 2. The highest BCUT2D eigenvalue weighted by Gasteiger charge is 2.10. The Bertz CT molecular complexity index is 775. The van der Waals surface area contributed by atoms with Gasteiger partial charge < -0.3 is 24.5 Å². The predicted molar refractivity (Wildman–Crippen MR) is 104 cm³/mol. The number of hydrogen-bond donors (Lipinski definition) is 2. The molecule has 0 unspecified atom stereocenters. The van der Waals surface area contributed by atoms with Crippen molar-refractivity contribution in [2.24, 2.45) is 0 Å². The Hall–Kier alpha value is -2.48. The zero-order valence-electron chi connectivity index (χ0n) is 15.3. The van der Waals surface area contributed by atoms with Crippen molar-refractivity contribution in [3.8, 4) is 11.5 Å². The molecule has 2 aromatic rings. The number of carbonyl (C=O) groups excluding carboxylic acids is 2. The van der Waals surface area contributed by atoms with Crippen LogP contribution in [0.25, 0.3) is 0 Å². The maximum absolute atomic E-state index is 12.0. The van der Waals surface area contributed by atoms with E-state index >= 15 is 0 Å². The van der Waals surface area contributed by atoms with E-state index in [-0.39, 0.29) is 17.6 Å². The second kappa shape index (κ2) is 10.6. The van der Waals surface area contributed by atoms with E-state index in [1.807, 2.05) is 25.1 Å². The average molecular weight is 439 g/mol. The second-order valence-electron chi connectivity index (χ2n) is 5.63. The Morgan fingerprint density at radius 2 is 1.89 bits per heavy atom. The Labute approximate surface area is 166 Å². The monoisotopic (exact) mass is 438 g/mol. The number of benzene rings is 1. The van der Waals surface area contributed by atoms with E-state index in [4.69, 9.17) is 13.9 Å². The van der Waals surface area contributed by atoms with Crippen LogP contribution in [-0.2, 0) is 11.2 Å². The van der Waals surface area contributed by atoms with Gasteiger partial charge in [0.2, 0.25) is 5.91 Å². The van der Waals surface area contributed by atoms with Gasteiger partial charge >= 0.3 is 0 Å². The molecule has 1 heterocycles. The molecule has 0 aliphatic rings. The highest BCUT2D eigenvalue weighted by molar-refractivity contribution is 9.10. The van der Waals surface area contributed by atoms with E-state index in [0.29, 0.717) is 48.7 Å². The lowest BCUT2D eigenvalue weighted by Gasteiger charge is -2.11. The molecule has 27 heavy (non-hydrogen) atoms. The van der Waals surface area contributed by atoms with Crippen molar-refractivity contribution in [2.75, 3.05) is 26.8 Å². The number of furan rings is 1. The molecule has 2 amide bonds. The van der Waals surface area contributed by atoms with Crippen molar-refractivity contribution in [1.82, 2.24) is 10.6 Å². The Balaban J connectivity index is 1.69. The minimum Gasteiger partial charge on any atom is -0.493 e. The standard InChI is InChI=1S/C19H23BrN2O5/c1-3-26-14-6-4-13(12-16(14)25-2)5-9-18(23)21-10-11-22-19(24)15-7-8-17(20)27-15/h4,6-8,12H,3,5,9-11H2,1-2H3,(H,21,23)(H,22,24). The number of rotatable bonds is 10. The molecule has 0 saturated heterocycles. The Morgan fingerprint density at radius 3 is 2.56 bits per heavy atom. The van der Waals surface area contributed by atoms with Crippen molar-refractivity contribution < 1.29 is 23.5 Å². The van der Waals surface area contributed by atoms with Crippen LogP contribution in [0.5, 0.6) is 11.5 Å². The Morgan fingerprint density at radius 1 is 1.11 bits per heavy atom. The molecular formula is C19H23BrN2O5. The van der Waals surface area contributed by atoms with Gasteiger partial charge in [-0.1, -0.05) is 6.07 Å². The summed E-state index contributed by atoms with van der Waals surface area (Å²) in [5.41, 5.74) is 0.988. The minimum atomic E-state index is -0.323. The maximum atomic E-state index is 12.0. The molecule has 7 nitrogen and oxygen atoms in total. The quantitative estimate of drug-likeness (QED) is 0.556. The molecule has 2 N–H and O–H groups in total. The van der Waals surface area contributed by atoms with Crippen molar-refractivity contribution >= 4 is 27.7 Å². The lowest BCUT2D eigenvalue weighted by Crippen LogP contribution is -2.34. The first-order valence-corrected chi connectivity index (χ1v) is 9.42. The van der Waals surface area contributed by atoms with E-state index in [1.165, 1.54) is 0 Å². The van der Waals surface area contributed by atoms with Crippen LogP contribution in [0.2, 0.25) is 0 Å². The molecule has 8 heteroatoms. The second-order valence-corrected chi connectivity index (χ2v) is 6.41. The van der Waals surface area contributed by atoms with Gasteiger partial charge in [-0.05, 0) is 59.1 Å². The van der Waals surface area contributed by atoms with Gasteiger partial charge in [-0.3, -0.25) is 9.59 Å². The van der Waals surface area contributed by atoms with Crippen molar-refractivity contribution in [2.45, 2.75) is 19.8 Å². The topological polar surface area (TPSA) is 89.8 Å². The largest absolute Gasteiger partial charge is 0.493 e. The molecule has 0 aliphatic carbocycles. The van der Waals surface area contributed by atoms with Gasteiger partial charge in [-0.25, -0.2) is 0 Å². The van der Waals surface area contributed by atoms with Crippen molar-refractivity contribution in [1.29, 1.82) is 0 Å². The average Bonchev–Trinajstić information content (AvgIpc) is 3.11. The van der Waals surface area contributed by atoms with E-state index in [9.17, 15) is 9.59 Å². The normalized spacial score (nSPS) is 10.3. The SMILES string of the molecule is CCOc1ccc(CCC(=O)NCCNC(=O)c2ccc(Br)o2)cc1OC. The smallest absolute Gasteiger partial charge is 0.287 e. The lowest BCUT2D eigenvalue weighted by atomic mass is 10.1. The number of carbonyl (C=O) groups is 2. The van der Waals surface area contributed by atoms with Gasteiger partial charge in [0.05, 0.1) is 13.7 Å². The van der Waals surface area contributed by atoms with Crippen molar-refractivity contribution in [3.05, 3.63) is 46.3 Å². The first-order valence-electron chi connectivity index (χ1n) is 8.63. The molecule has 0 radical (unpaired) electrons. The van der Waals surface area contributed by atoms with Crippen molar-refractivity contribution in [3.63, 3.8) is 0 Å². The number of halogens is 1. The third kappa shape index (κ3) is 6.63. The number of methoxy groups -OCH3 is 1. The fourth-order valence-electron chi connectivity index (χ4n) is 2.39. The predicted octanol–water partition coefficient (Wildman–Crippen LogP) is 2.93. The van der Waals surface area contributed by atoms with Gasteiger partial charge in [-0.2, -0.15) is 0 Å². The van der Waals surface area contributed by atoms with E-state index in [1.54, 1.807) is 19.2 Å². The molecule has 0 fully saturated rings. The molecule has 1 aromatic heterocycles. The molecule has 0 atom stereocenters. The van der Waals surface area contributed by atoms with Gasteiger partial charge in [0.15, 0.2) is 21.9 Å². The molecule has 0 saturated carbocycles. The van der Waals surface area contributed by atoms with Crippen LogP contribution in [0.3, 0.4) is 0 Å². The fraction of sp³-hybridized carbons (Fsp3) is 0.368. The summed E-state index contributed by atoms with van der Waals surface area (Å²) in [6.07, 6.45) is 0.928. The van der Waals surface area contributed by atoms with Gasteiger partial charge in [-0.15, -0.1) is 0 Å². The Kier molecular flexibility index (Phi) is 8.19. The number of ether oxygens (including phenoxy) is 2. The molecule has 1 aromatic carbocycles. The summed E-state index contributed by atoms with van der Waals surface area (Å²) >= 11 is 3.14. The molecule has 146 valence electrons. The third-order valence-corrected chi connectivity index (χ3v) is 4.12. The first kappa shape index (κ1) is 20.8. The highest BCUT2D eigenvalue weighted by Crippen LogP contribution is 2.28. The van der Waals surface area contributed by atoms with E-state index < -0.39 is 0 Å². The molecule has 0 aliphatic heterocycles. The van der Waals surface area contributed by atoms with Crippen LogP contribution in [0.15, 0.2) is 39.4 Å². The zero-order valence-corrected chi connectivity index (χ0v) is 16.9. The van der Waals surface area contributed by atoms with Gasteiger partial charge in [0.25, 0.3) is 5.91 Å². The third-order valence-electron chi connectivity index (χ3n) is 3.70. The van der Waals surface area contributed by atoms with E-state index in [0.717, 1.165) is 5.56 Å². The summed E-state index contributed by atoms with van der Waals surface area (Å²) in [5.74, 6) is 1.15. The van der Waals surface area contributed by atoms with Gasteiger partial charge in [0.1, 0.15) is 0 Å². The van der Waals surface area contributed by atoms with Crippen LogP contribution in [0.1, 0.15) is 29.5 Å². The maximum Gasteiger partial charge on any atom is 0.287 e. The molecule has 0 spiro atoms.